The van der Waals surface area contributed by atoms with Gasteiger partial charge in [-0.15, -0.1) is 11.8 Å². The lowest BCUT2D eigenvalue weighted by atomic mass is 10.1. The molecule has 32 heavy (non-hydrogen) atoms. The van der Waals surface area contributed by atoms with Gasteiger partial charge in [0.15, 0.2) is 0 Å². The molecule has 4 aromatic rings. The van der Waals surface area contributed by atoms with E-state index in [0.29, 0.717) is 21.4 Å². The zero-order chi connectivity index (χ0) is 22.8. The minimum Gasteiger partial charge on any atom is -0.383 e. The molecular formula is C22H21ClN6O2S. The molecule has 4 rings (SSSR count). The van der Waals surface area contributed by atoms with Crippen molar-refractivity contribution < 1.29 is 9.32 Å². The minimum absolute atomic E-state index is 0.0511. The van der Waals surface area contributed by atoms with Gasteiger partial charge >= 0.3 is 0 Å². The lowest BCUT2D eigenvalue weighted by molar-refractivity contribution is -0.116. The third-order valence-electron chi connectivity index (χ3n) is 4.98. The normalized spacial score (nSPS) is 11.0. The van der Waals surface area contributed by atoms with E-state index in [-0.39, 0.29) is 24.2 Å². The highest BCUT2D eigenvalue weighted by Crippen LogP contribution is 2.35. The van der Waals surface area contributed by atoms with Crippen molar-refractivity contribution in [2.45, 2.75) is 25.4 Å². The van der Waals surface area contributed by atoms with Crippen LogP contribution in [-0.2, 0) is 11.3 Å². The summed E-state index contributed by atoms with van der Waals surface area (Å²) in [5.41, 5.74) is 10.6. The van der Waals surface area contributed by atoms with Gasteiger partial charge in [-0.2, -0.15) is 10.1 Å². The summed E-state index contributed by atoms with van der Waals surface area (Å²) < 4.78 is 6.89. The lowest BCUT2D eigenvalue weighted by Gasteiger charge is -2.08. The maximum atomic E-state index is 12.6. The van der Waals surface area contributed by atoms with Crippen LogP contribution in [-0.4, -0.2) is 32.1 Å². The van der Waals surface area contributed by atoms with Gasteiger partial charge in [-0.05, 0) is 67.6 Å². The fraction of sp³-hybridized carbons (Fsp3) is 0.182. The maximum absolute atomic E-state index is 12.6. The highest BCUT2D eigenvalue weighted by atomic mass is 35.5. The number of anilines is 2. The summed E-state index contributed by atoms with van der Waals surface area (Å²) in [6, 6.07) is 12.9. The van der Waals surface area contributed by atoms with E-state index < -0.39 is 0 Å². The Morgan fingerprint density at radius 2 is 1.94 bits per heavy atom. The van der Waals surface area contributed by atoms with Gasteiger partial charge in [-0.1, -0.05) is 22.8 Å². The van der Waals surface area contributed by atoms with Crippen molar-refractivity contribution in [1.82, 2.24) is 19.9 Å². The molecule has 0 spiro atoms. The van der Waals surface area contributed by atoms with Gasteiger partial charge in [0.05, 0.1) is 0 Å². The Balaban J connectivity index is 1.57. The zero-order valence-corrected chi connectivity index (χ0v) is 19.3. The number of nitrogens with one attached hydrogen (secondary N) is 1. The number of nitrogens with zero attached hydrogens (tertiary/aromatic N) is 4. The highest BCUT2D eigenvalue weighted by Gasteiger charge is 2.23. The van der Waals surface area contributed by atoms with Crippen LogP contribution in [0.4, 0.5) is 11.5 Å². The van der Waals surface area contributed by atoms with Crippen LogP contribution >= 0.6 is 23.4 Å². The highest BCUT2D eigenvalue weighted by molar-refractivity contribution is 7.98. The van der Waals surface area contributed by atoms with Crippen molar-refractivity contribution in [3.05, 3.63) is 58.6 Å². The number of aryl methyl sites for hydroxylation is 2. The molecule has 0 aliphatic heterocycles. The molecule has 0 aliphatic carbocycles. The number of aromatic nitrogens is 4. The number of nitrogen functional groups attached to an aromatic ring is 1. The second kappa shape index (κ2) is 9.05. The molecule has 2 aromatic heterocycles. The predicted molar refractivity (Wildman–Crippen MR) is 127 cm³/mol. The number of rotatable bonds is 6. The van der Waals surface area contributed by atoms with Gasteiger partial charge in [0.25, 0.3) is 5.89 Å². The number of carbonyl (C=O) groups excluding carboxylic acids is 1. The lowest BCUT2D eigenvalue weighted by Crippen LogP contribution is -2.20. The SMILES string of the molecule is CSc1nn(CC(=O)Nc2ccc(C)c(C)c2)c(N)c1-c1nc(-c2ccc(Cl)cc2)no1. The fourth-order valence-electron chi connectivity index (χ4n) is 3.11. The molecule has 2 aromatic carbocycles. The smallest absolute Gasteiger partial charge is 0.264 e. The first kappa shape index (κ1) is 21.9. The molecule has 0 bridgehead atoms. The average molecular weight is 469 g/mol. The Kier molecular flexibility index (Phi) is 6.20. The zero-order valence-electron chi connectivity index (χ0n) is 17.7. The number of nitrogens with two attached hydrogens (primary N) is 1. The Labute approximate surface area is 194 Å². The van der Waals surface area contributed by atoms with E-state index in [9.17, 15) is 4.79 Å². The second-order valence-corrected chi connectivity index (χ2v) is 8.44. The van der Waals surface area contributed by atoms with Crippen LogP contribution in [0.25, 0.3) is 22.8 Å². The van der Waals surface area contributed by atoms with Crippen LogP contribution < -0.4 is 11.1 Å². The second-order valence-electron chi connectivity index (χ2n) is 7.20. The van der Waals surface area contributed by atoms with Gasteiger partial charge in [0.2, 0.25) is 11.7 Å². The molecule has 8 nitrogen and oxygen atoms in total. The standard InChI is InChI=1S/C22H21ClN6O2S/c1-12-4-9-16(10-13(12)2)25-17(30)11-29-19(24)18(22(27-29)32-3)21-26-20(28-31-21)14-5-7-15(23)8-6-14/h4-10H,11,24H2,1-3H3,(H,25,30). The van der Waals surface area contributed by atoms with Crippen LogP contribution in [0.5, 0.6) is 0 Å². The summed E-state index contributed by atoms with van der Waals surface area (Å²) in [6.07, 6.45) is 1.86. The van der Waals surface area contributed by atoms with E-state index in [2.05, 4.69) is 20.6 Å². The number of hydrogen-bond donors (Lipinski definition) is 2. The van der Waals surface area contributed by atoms with E-state index in [0.717, 1.165) is 22.4 Å². The van der Waals surface area contributed by atoms with E-state index in [4.69, 9.17) is 21.9 Å². The van der Waals surface area contributed by atoms with Crippen molar-refractivity contribution in [2.75, 3.05) is 17.3 Å². The summed E-state index contributed by atoms with van der Waals surface area (Å²) in [7, 11) is 0. The minimum atomic E-state index is -0.242. The largest absolute Gasteiger partial charge is 0.383 e. The van der Waals surface area contributed by atoms with Crippen LogP contribution in [0, 0.1) is 13.8 Å². The first-order chi connectivity index (χ1) is 15.4. The molecule has 0 saturated carbocycles. The Bertz CT molecular complexity index is 1280. The van der Waals surface area contributed by atoms with E-state index in [1.807, 2.05) is 38.3 Å². The van der Waals surface area contributed by atoms with Crippen molar-refractivity contribution in [1.29, 1.82) is 0 Å². The van der Waals surface area contributed by atoms with Crippen molar-refractivity contribution in [3.63, 3.8) is 0 Å². The number of halogens is 1. The number of thioether (sulfide) groups is 1. The third-order valence-corrected chi connectivity index (χ3v) is 5.90. The molecule has 0 aliphatic rings. The maximum Gasteiger partial charge on any atom is 0.264 e. The molecule has 1 amide bonds. The van der Waals surface area contributed by atoms with Crippen LogP contribution in [0.3, 0.4) is 0 Å². The molecule has 0 atom stereocenters. The van der Waals surface area contributed by atoms with Crippen molar-refractivity contribution in [3.8, 4) is 22.8 Å². The number of hydrogen-bond acceptors (Lipinski definition) is 7. The summed E-state index contributed by atoms with van der Waals surface area (Å²) in [4.78, 5) is 17.1. The Morgan fingerprint density at radius 1 is 1.19 bits per heavy atom. The van der Waals surface area contributed by atoms with Gasteiger partial charge in [-0.25, -0.2) is 4.68 Å². The number of benzene rings is 2. The van der Waals surface area contributed by atoms with Gasteiger partial charge < -0.3 is 15.6 Å². The molecule has 0 fully saturated rings. The molecule has 10 heteroatoms. The molecule has 164 valence electrons. The van der Waals surface area contributed by atoms with E-state index in [1.54, 1.807) is 24.3 Å². The van der Waals surface area contributed by atoms with E-state index in [1.165, 1.54) is 16.4 Å². The summed E-state index contributed by atoms with van der Waals surface area (Å²) >= 11 is 7.32. The van der Waals surface area contributed by atoms with Gasteiger partial charge in [0.1, 0.15) is 23.0 Å². The summed E-state index contributed by atoms with van der Waals surface area (Å²) in [5.74, 6) is 0.672. The Hall–Kier alpha value is -3.30. The van der Waals surface area contributed by atoms with Gasteiger partial charge in [0, 0.05) is 16.3 Å². The molecular weight excluding hydrogens is 448 g/mol. The third kappa shape index (κ3) is 4.49. The quantitative estimate of drug-likeness (QED) is 0.390. The molecule has 3 N–H and O–H groups in total. The first-order valence-corrected chi connectivity index (χ1v) is 11.3. The fourth-order valence-corrected chi connectivity index (χ4v) is 3.82. The van der Waals surface area contributed by atoms with E-state index >= 15 is 0 Å². The molecule has 2 heterocycles. The molecule has 0 unspecified atom stereocenters. The van der Waals surface area contributed by atoms with Crippen molar-refractivity contribution in [2.24, 2.45) is 0 Å². The van der Waals surface area contributed by atoms with Crippen LogP contribution in [0.1, 0.15) is 11.1 Å². The monoisotopic (exact) mass is 468 g/mol. The van der Waals surface area contributed by atoms with Crippen molar-refractivity contribution >= 4 is 40.8 Å². The number of amides is 1. The Morgan fingerprint density at radius 3 is 2.62 bits per heavy atom. The first-order valence-electron chi connectivity index (χ1n) is 9.73. The topological polar surface area (TPSA) is 112 Å². The molecule has 0 saturated heterocycles. The molecule has 0 radical (unpaired) electrons. The predicted octanol–water partition coefficient (Wildman–Crippen LogP) is 4.81. The van der Waals surface area contributed by atoms with Crippen LogP contribution in [0.2, 0.25) is 5.02 Å². The number of carbonyl (C=O) groups is 1. The summed E-state index contributed by atoms with van der Waals surface area (Å²) in [6.45, 7) is 3.97. The summed E-state index contributed by atoms with van der Waals surface area (Å²) in [5, 5.41) is 12.6. The van der Waals surface area contributed by atoms with Gasteiger partial charge in [-0.3, -0.25) is 4.79 Å². The average Bonchev–Trinajstić information content (AvgIpc) is 3.36. The van der Waals surface area contributed by atoms with Crippen LogP contribution in [0.15, 0.2) is 52.0 Å².